The Morgan fingerprint density at radius 1 is 0.319 bits per heavy atom. The van der Waals surface area contributed by atoms with Crippen LogP contribution in [0.5, 0.6) is 0 Å². The van der Waals surface area contributed by atoms with Gasteiger partial charge in [-0.3, -0.25) is 14.4 Å². The standard InChI is InChI=1S/C63H110O6/c1-4-7-10-13-16-19-22-25-28-31-32-33-36-38-41-44-47-50-53-56-62(65)68-59-60(69-63(66)57-54-51-48-45-42-39-35-30-27-24-21-18-15-12-9-6-3)58-67-61(64)55-52-49-46-43-40-37-34-29-26-23-20-17-14-11-8-5-2/h9,12,16,18-19,21-22,25,27,29-30,34,60H,4-8,10-11,13-15,17,20,23-24,26,28,31-33,35-59H2,1-3H3/b12-9-,19-16-,21-18-,25-22-,30-27-,34-29-. The molecule has 0 aromatic heterocycles. The Balaban J connectivity index is 4.40. The summed E-state index contributed by atoms with van der Waals surface area (Å²) in [5, 5.41) is 0. The van der Waals surface area contributed by atoms with Crippen molar-refractivity contribution in [3.05, 3.63) is 72.9 Å². The Hall–Kier alpha value is -3.15. The van der Waals surface area contributed by atoms with Gasteiger partial charge in [-0.1, -0.05) is 241 Å². The van der Waals surface area contributed by atoms with Crippen LogP contribution >= 0.6 is 0 Å². The second kappa shape index (κ2) is 57.4. The van der Waals surface area contributed by atoms with E-state index in [9.17, 15) is 14.4 Å². The molecule has 0 radical (unpaired) electrons. The van der Waals surface area contributed by atoms with Crippen LogP contribution in [0.3, 0.4) is 0 Å². The highest BCUT2D eigenvalue weighted by Gasteiger charge is 2.19. The van der Waals surface area contributed by atoms with Gasteiger partial charge in [-0.15, -0.1) is 0 Å². The second-order valence-corrected chi connectivity index (χ2v) is 19.5. The Morgan fingerprint density at radius 3 is 1.01 bits per heavy atom. The van der Waals surface area contributed by atoms with Crippen LogP contribution in [0.2, 0.25) is 0 Å². The fraction of sp³-hybridized carbons (Fsp3) is 0.762. The third-order valence-corrected chi connectivity index (χ3v) is 12.7. The Morgan fingerprint density at radius 2 is 0.609 bits per heavy atom. The molecule has 1 atom stereocenters. The molecule has 0 saturated carbocycles. The molecule has 0 bridgehead atoms. The molecule has 69 heavy (non-hydrogen) atoms. The van der Waals surface area contributed by atoms with Crippen LogP contribution in [0.4, 0.5) is 0 Å². The number of rotatable bonds is 53. The lowest BCUT2D eigenvalue weighted by atomic mass is 10.1. The molecule has 0 fully saturated rings. The lowest BCUT2D eigenvalue weighted by Crippen LogP contribution is -2.30. The van der Waals surface area contributed by atoms with Gasteiger partial charge in [0.05, 0.1) is 0 Å². The van der Waals surface area contributed by atoms with Crippen molar-refractivity contribution >= 4 is 17.9 Å². The molecule has 0 rings (SSSR count). The number of hydrogen-bond donors (Lipinski definition) is 0. The number of unbranched alkanes of at least 4 members (excludes halogenated alkanes) is 31. The molecule has 6 heteroatoms. The van der Waals surface area contributed by atoms with Gasteiger partial charge in [0.15, 0.2) is 6.10 Å². The molecule has 0 spiro atoms. The van der Waals surface area contributed by atoms with E-state index in [1.807, 2.05) is 0 Å². The van der Waals surface area contributed by atoms with Gasteiger partial charge >= 0.3 is 17.9 Å². The fourth-order valence-electron chi connectivity index (χ4n) is 8.27. The van der Waals surface area contributed by atoms with Crippen molar-refractivity contribution in [3.63, 3.8) is 0 Å². The lowest BCUT2D eigenvalue weighted by Gasteiger charge is -2.18. The topological polar surface area (TPSA) is 78.9 Å². The van der Waals surface area contributed by atoms with E-state index in [0.29, 0.717) is 19.3 Å². The maximum Gasteiger partial charge on any atom is 0.306 e. The van der Waals surface area contributed by atoms with E-state index in [2.05, 4.69) is 93.7 Å². The minimum Gasteiger partial charge on any atom is -0.462 e. The molecular formula is C63H110O6. The predicted octanol–water partition coefficient (Wildman–Crippen LogP) is 19.8. The van der Waals surface area contributed by atoms with E-state index >= 15 is 0 Å². The quantitative estimate of drug-likeness (QED) is 0.0199. The maximum absolute atomic E-state index is 12.9. The van der Waals surface area contributed by atoms with Crippen LogP contribution in [0, 0.1) is 0 Å². The molecular weight excluding hydrogens is 853 g/mol. The second-order valence-electron chi connectivity index (χ2n) is 19.5. The van der Waals surface area contributed by atoms with Gasteiger partial charge in [-0.05, 0) is 103 Å². The molecule has 1 unspecified atom stereocenters. The molecule has 0 aliphatic heterocycles. The van der Waals surface area contributed by atoms with Crippen LogP contribution in [0.1, 0.15) is 290 Å². The highest BCUT2D eigenvalue weighted by atomic mass is 16.6. The van der Waals surface area contributed by atoms with Gasteiger partial charge in [-0.25, -0.2) is 0 Å². The molecule has 6 nitrogen and oxygen atoms in total. The zero-order valence-corrected chi connectivity index (χ0v) is 45.6. The Kier molecular flexibility index (Phi) is 54.8. The van der Waals surface area contributed by atoms with Crippen molar-refractivity contribution < 1.29 is 28.6 Å². The first kappa shape index (κ1) is 65.8. The summed E-state index contributed by atoms with van der Waals surface area (Å²) in [5.74, 6) is -0.900. The zero-order valence-electron chi connectivity index (χ0n) is 45.6. The minimum atomic E-state index is -0.788. The van der Waals surface area contributed by atoms with Crippen molar-refractivity contribution in [2.24, 2.45) is 0 Å². The summed E-state index contributed by atoms with van der Waals surface area (Å²) < 4.78 is 16.9. The van der Waals surface area contributed by atoms with E-state index in [4.69, 9.17) is 14.2 Å². The third kappa shape index (κ3) is 55.6. The molecule has 0 N–H and O–H groups in total. The smallest absolute Gasteiger partial charge is 0.306 e. The van der Waals surface area contributed by atoms with E-state index in [1.165, 1.54) is 154 Å². The molecule has 0 aliphatic carbocycles. The van der Waals surface area contributed by atoms with E-state index in [-0.39, 0.29) is 31.1 Å². The number of carbonyl (C=O) groups excluding carboxylic acids is 3. The van der Waals surface area contributed by atoms with Gasteiger partial charge in [0.2, 0.25) is 0 Å². The largest absolute Gasteiger partial charge is 0.462 e. The molecule has 0 saturated heterocycles. The van der Waals surface area contributed by atoms with Crippen LogP contribution in [-0.2, 0) is 28.6 Å². The minimum absolute atomic E-state index is 0.0845. The van der Waals surface area contributed by atoms with Crippen molar-refractivity contribution in [1.82, 2.24) is 0 Å². The van der Waals surface area contributed by atoms with Gasteiger partial charge in [-0.2, -0.15) is 0 Å². The van der Waals surface area contributed by atoms with Crippen molar-refractivity contribution in [1.29, 1.82) is 0 Å². The van der Waals surface area contributed by atoms with Crippen molar-refractivity contribution in [2.45, 2.75) is 297 Å². The van der Waals surface area contributed by atoms with Crippen molar-refractivity contribution in [3.8, 4) is 0 Å². The highest BCUT2D eigenvalue weighted by Crippen LogP contribution is 2.15. The number of ether oxygens (including phenoxy) is 3. The van der Waals surface area contributed by atoms with E-state index < -0.39 is 6.10 Å². The number of allylic oxidation sites excluding steroid dienone is 12. The summed E-state index contributed by atoms with van der Waals surface area (Å²) in [6.45, 7) is 6.50. The maximum atomic E-state index is 12.9. The Bertz CT molecular complexity index is 1290. The van der Waals surface area contributed by atoms with Crippen LogP contribution in [0.15, 0.2) is 72.9 Å². The monoisotopic (exact) mass is 963 g/mol. The van der Waals surface area contributed by atoms with Gasteiger partial charge in [0.1, 0.15) is 13.2 Å². The number of esters is 3. The third-order valence-electron chi connectivity index (χ3n) is 12.7. The lowest BCUT2D eigenvalue weighted by molar-refractivity contribution is -0.167. The average molecular weight is 964 g/mol. The first-order valence-corrected chi connectivity index (χ1v) is 29.5. The summed E-state index contributed by atoms with van der Waals surface area (Å²) in [4.78, 5) is 38.2. The molecule has 0 aromatic carbocycles. The molecule has 0 aliphatic rings. The van der Waals surface area contributed by atoms with Gasteiger partial charge in [0.25, 0.3) is 0 Å². The van der Waals surface area contributed by atoms with Crippen LogP contribution in [-0.4, -0.2) is 37.2 Å². The molecule has 398 valence electrons. The van der Waals surface area contributed by atoms with Gasteiger partial charge in [0, 0.05) is 19.3 Å². The molecule has 0 amide bonds. The first-order valence-electron chi connectivity index (χ1n) is 29.5. The van der Waals surface area contributed by atoms with Crippen molar-refractivity contribution in [2.75, 3.05) is 13.2 Å². The number of carbonyl (C=O) groups is 3. The summed E-state index contributed by atoms with van der Waals surface area (Å²) in [6, 6.07) is 0. The van der Waals surface area contributed by atoms with E-state index in [1.54, 1.807) is 0 Å². The normalized spacial score (nSPS) is 12.6. The molecule has 0 heterocycles. The molecule has 0 aromatic rings. The summed E-state index contributed by atoms with van der Waals surface area (Å²) in [7, 11) is 0. The first-order chi connectivity index (χ1) is 34.0. The summed E-state index contributed by atoms with van der Waals surface area (Å²) >= 11 is 0. The van der Waals surface area contributed by atoms with Gasteiger partial charge < -0.3 is 14.2 Å². The Labute approximate surface area is 427 Å². The van der Waals surface area contributed by atoms with Crippen LogP contribution < -0.4 is 0 Å². The average Bonchev–Trinajstić information content (AvgIpc) is 3.35. The number of hydrogen-bond acceptors (Lipinski definition) is 6. The summed E-state index contributed by atoms with van der Waals surface area (Å²) in [6.07, 6.45) is 73.2. The van der Waals surface area contributed by atoms with E-state index in [0.717, 1.165) is 96.3 Å². The SMILES string of the molecule is CC/C=C\C/C=C\C/C=C\CCCCCCCCC(=O)OC(COC(=O)CCCCCCC/C=C\CCCCCCCCC)COC(=O)CCCCCCCCCCCC/C=C\C=C/CCCCC. The zero-order chi connectivity index (χ0) is 50.0. The fourth-order valence-corrected chi connectivity index (χ4v) is 8.27. The van der Waals surface area contributed by atoms with Crippen LogP contribution in [0.25, 0.3) is 0 Å². The highest BCUT2D eigenvalue weighted by molar-refractivity contribution is 5.71. The predicted molar refractivity (Wildman–Crippen MR) is 298 cm³/mol. The summed E-state index contributed by atoms with van der Waals surface area (Å²) in [5.41, 5.74) is 0.